The molecule has 13 atom stereocenters. The van der Waals surface area contributed by atoms with E-state index in [0.717, 1.165) is 50.5 Å². The lowest BCUT2D eigenvalue weighted by Crippen LogP contribution is -2.64. The molecule has 0 aromatic rings. The number of cyclic esters (lactones) is 1. The third kappa shape index (κ3) is 3.80. The molecule has 6 rings (SSSR count). The normalized spacial score (nSPS) is 54.5. The number of esters is 1. The van der Waals surface area contributed by atoms with Crippen molar-refractivity contribution in [3.8, 4) is 0 Å². The second-order valence-corrected chi connectivity index (χ2v) is 13.4. The molecule has 0 radical (unpaired) electrons. The van der Waals surface area contributed by atoms with Crippen LogP contribution in [-0.4, -0.2) is 87.1 Å². The Morgan fingerprint density at radius 3 is 2.50 bits per heavy atom. The summed E-state index contributed by atoms with van der Waals surface area (Å²) in [4.78, 5) is 11.8. The van der Waals surface area contributed by atoms with E-state index in [1.807, 2.05) is 0 Å². The maximum absolute atomic E-state index is 12.4. The van der Waals surface area contributed by atoms with Gasteiger partial charge in [0, 0.05) is 18.1 Å². The van der Waals surface area contributed by atoms with E-state index < -0.39 is 36.3 Å². The van der Waals surface area contributed by atoms with Crippen molar-refractivity contribution in [2.75, 3.05) is 13.2 Å². The fourth-order valence-corrected chi connectivity index (χ4v) is 9.91. The summed E-state index contributed by atoms with van der Waals surface area (Å²) in [7, 11) is 0. The molecular weight excluding hydrogens is 492 g/mol. The van der Waals surface area contributed by atoms with Crippen molar-refractivity contribution < 1.29 is 44.5 Å². The zero-order valence-electron chi connectivity index (χ0n) is 22.5. The summed E-state index contributed by atoms with van der Waals surface area (Å²) in [5.41, 5.74) is -0.401. The Hall–Kier alpha value is -1.07. The van der Waals surface area contributed by atoms with Gasteiger partial charge in [0.25, 0.3) is 0 Å². The van der Waals surface area contributed by atoms with E-state index in [1.165, 1.54) is 0 Å². The molecule has 2 heterocycles. The first kappa shape index (κ1) is 27.1. The number of hydrogen-bond donors (Lipinski definition) is 5. The summed E-state index contributed by atoms with van der Waals surface area (Å²) >= 11 is 0. The third-order valence-corrected chi connectivity index (χ3v) is 12.1. The van der Waals surface area contributed by atoms with Gasteiger partial charge in [-0.2, -0.15) is 0 Å². The summed E-state index contributed by atoms with van der Waals surface area (Å²) in [6.07, 6.45) is 3.35. The molecule has 4 aliphatic carbocycles. The fraction of sp³-hybridized carbons (Fsp3) is 0.897. The lowest BCUT2D eigenvalue weighted by molar-refractivity contribution is -0.311. The second kappa shape index (κ2) is 9.50. The molecular formula is C29H44O9. The van der Waals surface area contributed by atoms with Crippen LogP contribution in [0.15, 0.2) is 11.6 Å². The highest BCUT2D eigenvalue weighted by atomic mass is 16.7. The molecule has 1 saturated heterocycles. The first-order valence-electron chi connectivity index (χ1n) is 14.6. The Morgan fingerprint density at radius 1 is 1.00 bits per heavy atom. The zero-order valence-corrected chi connectivity index (χ0v) is 22.5. The van der Waals surface area contributed by atoms with Crippen molar-refractivity contribution in [1.82, 2.24) is 0 Å². The van der Waals surface area contributed by atoms with Crippen molar-refractivity contribution >= 4 is 5.97 Å². The maximum Gasteiger partial charge on any atom is 0.331 e. The van der Waals surface area contributed by atoms with E-state index in [9.17, 15) is 30.3 Å². The molecule has 214 valence electrons. The van der Waals surface area contributed by atoms with Gasteiger partial charge in [0.15, 0.2) is 6.29 Å². The summed E-state index contributed by atoms with van der Waals surface area (Å²) in [5.74, 6) is 0.414. The Balaban J connectivity index is 1.19. The van der Waals surface area contributed by atoms with Crippen LogP contribution < -0.4 is 0 Å². The Labute approximate surface area is 224 Å². The molecule has 5 N–H and O–H groups in total. The largest absolute Gasteiger partial charge is 0.458 e. The predicted octanol–water partition coefficient (Wildman–Crippen LogP) is 1.43. The van der Waals surface area contributed by atoms with Crippen molar-refractivity contribution in [3.63, 3.8) is 0 Å². The highest BCUT2D eigenvalue weighted by molar-refractivity contribution is 5.85. The summed E-state index contributed by atoms with van der Waals surface area (Å²) < 4.78 is 17.1. The average Bonchev–Trinajstić information content (AvgIpc) is 3.45. The summed E-state index contributed by atoms with van der Waals surface area (Å²) in [6, 6.07) is 0. The van der Waals surface area contributed by atoms with Crippen LogP contribution in [0.1, 0.15) is 71.6 Å². The zero-order chi connectivity index (χ0) is 27.0. The van der Waals surface area contributed by atoms with Gasteiger partial charge >= 0.3 is 5.97 Å². The first-order chi connectivity index (χ1) is 18.0. The molecule has 0 spiro atoms. The number of aliphatic hydroxyl groups excluding tert-OH is 4. The Bertz CT molecular complexity index is 970. The first-order valence-corrected chi connectivity index (χ1v) is 14.6. The van der Waals surface area contributed by atoms with Crippen molar-refractivity contribution in [3.05, 3.63) is 11.6 Å². The van der Waals surface area contributed by atoms with Crippen LogP contribution in [-0.2, 0) is 19.0 Å². The number of rotatable bonds is 4. The number of carbonyl (C=O) groups excluding carboxylic acids is 1. The van der Waals surface area contributed by atoms with Crippen LogP contribution in [0.3, 0.4) is 0 Å². The molecule has 6 aliphatic rings. The van der Waals surface area contributed by atoms with Gasteiger partial charge in [0.2, 0.25) is 0 Å². The third-order valence-electron chi connectivity index (χ3n) is 12.1. The average molecular weight is 537 g/mol. The van der Waals surface area contributed by atoms with E-state index in [2.05, 4.69) is 6.92 Å². The molecule has 0 bridgehead atoms. The molecule has 9 nitrogen and oxygen atoms in total. The van der Waals surface area contributed by atoms with E-state index in [1.54, 1.807) is 13.0 Å². The van der Waals surface area contributed by atoms with E-state index >= 15 is 0 Å². The molecule has 2 aliphatic heterocycles. The van der Waals surface area contributed by atoms with Crippen LogP contribution in [0, 0.1) is 34.5 Å². The van der Waals surface area contributed by atoms with Crippen molar-refractivity contribution in [1.29, 1.82) is 0 Å². The van der Waals surface area contributed by atoms with Crippen LogP contribution in [0.25, 0.3) is 0 Å². The van der Waals surface area contributed by atoms with Gasteiger partial charge in [-0.15, -0.1) is 0 Å². The molecule has 4 saturated carbocycles. The van der Waals surface area contributed by atoms with E-state index in [4.69, 9.17) is 14.2 Å². The molecule has 0 amide bonds. The van der Waals surface area contributed by atoms with E-state index in [0.29, 0.717) is 19.4 Å². The summed E-state index contributed by atoms with van der Waals surface area (Å²) in [6.45, 7) is 4.27. The lowest BCUT2D eigenvalue weighted by Gasteiger charge is -2.64. The molecule has 38 heavy (non-hydrogen) atoms. The highest BCUT2D eigenvalue weighted by Crippen LogP contribution is 2.70. The van der Waals surface area contributed by atoms with Gasteiger partial charge in [-0.05, 0) is 99.4 Å². The van der Waals surface area contributed by atoms with Crippen molar-refractivity contribution in [2.24, 2.45) is 34.5 Å². The number of carbonyl (C=O) groups is 1. The number of fused-ring (bicyclic) bond motifs is 5. The minimum atomic E-state index is -1.32. The van der Waals surface area contributed by atoms with Crippen LogP contribution in [0.5, 0.6) is 0 Å². The maximum atomic E-state index is 12.4. The Kier molecular flexibility index (Phi) is 6.78. The highest BCUT2D eigenvalue weighted by Gasteiger charge is 2.68. The van der Waals surface area contributed by atoms with Crippen LogP contribution in [0.2, 0.25) is 0 Å². The van der Waals surface area contributed by atoms with Gasteiger partial charge in [-0.3, -0.25) is 0 Å². The second-order valence-electron chi connectivity index (χ2n) is 13.4. The predicted molar refractivity (Wildman–Crippen MR) is 134 cm³/mol. The molecule has 0 aromatic carbocycles. The van der Waals surface area contributed by atoms with Gasteiger partial charge in [-0.25, -0.2) is 4.79 Å². The van der Waals surface area contributed by atoms with Gasteiger partial charge in [0.1, 0.15) is 24.9 Å². The number of aliphatic hydroxyl groups is 5. The molecule has 9 heteroatoms. The standard InChI is InChI=1S/C29H44O9/c1-15-23(32)24(33)25(34)26(37-15)38-18-5-9-28(14-30)17(12-18)3-4-21-20(28)6-8-27(2)19(7-10-29(21,27)35)16-11-22(31)36-13-16/h11,15,17-21,23-26,30,32-35H,3-10,12-14H2,1-2H3/t15-,17+,18-,19+,20-,21+,23+,24-,25-,26-,27+,28+,29-/m0/s1. The number of ether oxygens (including phenoxy) is 3. The lowest BCUT2D eigenvalue weighted by atomic mass is 9.43. The summed E-state index contributed by atoms with van der Waals surface area (Å²) in [5, 5.41) is 53.9. The van der Waals surface area contributed by atoms with Gasteiger partial charge in [0.05, 0.1) is 17.8 Å². The monoisotopic (exact) mass is 536 g/mol. The fourth-order valence-electron chi connectivity index (χ4n) is 9.91. The molecule has 5 fully saturated rings. The van der Waals surface area contributed by atoms with Crippen LogP contribution in [0.4, 0.5) is 0 Å². The van der Waals surface area contributed by atoms with Crippen LogP contribution >= 0.6 is 0 Å². The topological polar surface area (TPSA) is 146 Å². The number of hydrogen-bond acceptors (Lipinski definition) is 9. The minimum Gasteiger partial charge on any atom is -0.458 e. The smallest absolute Gasteiger partial charge is 0.331 e. The van der Waals surface area contributed by atoms with Gasteiger partial charge in [-0.1, -0.05) is 6.92 Å². The quantitative estimate of drug-likeness (QED) is 0.266. The van der Waals surface area contributed by atoms with Crippen molar-refractivity contribution in [2.45, 2.75) is 114 Å². The molecule has 0 aromatic heterocycles. The minimum absolute atomic E-state index is 0.0831. The van der Waals surface area contributed by atoms with Gasteiger partial charge < -0.3 is 39.7 Å². The molecule has 0 unspecified atom stereocenters. The van der Waals surface area contributed by atoms with E-state index in [-0.39, 0.29) is 53.2 Å². The SMILES string of the molecule is C[C@@H]1O[C@@H](O[C@H]2CC[C@@]3(CO)[C@H](CC[C@@H]4[C@@H]3CC[C@]3(C)[C@@H](C5=CC(=O)OC5)CC[C@]43O)C2)[C@@H](O)[C@@H](O)[C@@H]1O. The Morgan fingerprint density at radius 2 is 1.79 bits per heavy atom.